The van der Waals surface area contributed by atoms with Crippen molar-refractivity contribution < 1.29 is 28.9 Å². The molecule has 3 aromatic carbocycles. The van der Waals surface area contributed by atoms with Gasteiger partial charge in [-0.25, -0.2) is 4.98 Å². The Bertz CT molecular complexity index is 1610. The van der Waals surface area contributed by atoms with Crippen molar-refractivity contribution in [1.82, 2.24) is 9.97 Å². The molecule has 2 aliphatic heterocycles. The molecule has 1 amide bonds. The Balaban J connectivity index is 1.54. The zero-order valence-electron chi connectivity index (χ0n) is 21.1. The van der Waals surface area contributed by atoms with E-state index in [0.29, 0.717) is 46.7 Å². The first kappa shape index (κ1) is 23.6. The molecule has 0 radical (unpaired) electrons. The average Bonchev–Trinajstić information content (AvgIpc) is 3.62. The first-order chi connectivity index (χ1) is 18.4. The van der Waals surface area contributed by atoms with Crippen LogP contribution in [0.25, 0.3) is 16.8 Å². The molecule has 192 valence electrons. The predicted molar refractivity (Wildman–Crippen MR) is 141 cm³/mol. The highest BCUT2D eigenvalue weighted by Gasteiger charge is 2.48. The standard InChI is InChI=1S/C29H25N3O6/c1-15-5-4-6-17(11-15)25-24(26(33)18-7-8-21-16(12-18)9-10-38-21)27(34)28(35)32(25)29-30-19-13-22(36-2)23(37-3)14-20(19)31-29/h4-8,11-14,25,33H,9-10H2,1-3H3,(H,30,31)/b26-24+. The predicted octanol–water partition coefficient (Wildman–Crippen LogP) is 4.45. The maximum Gasteiger partial charge on any atom is 0.302 e. The largest absolute Gasteiger partial charge is 0.507 e. The van der Waals surface area contributed by atoms with Gasteiger partial charge in [-0.2, -0.15) is 0 Å². The van der Waals surface area contributed by atoms with Crippen LogP contribution < -0.4 is 19.1 Å². The van der Waals surface area contributed by atoms with Gasteiger partial charge < -0.3 is 24.3 Å². The van der Waals surface area contributed by atoms with Crippen LogP contribution in [-0.2, 0) is 16.0 Å². The molecule has 3 heterocycles. The van der Waals surface area contributed by atoms with E-state index in [1.807, 2.05) is 31.2 Å². The van der Waals surface area contributed by atoms with Crippen molar-refractivity contribution in [2.24, 2.45) is 0 Å². The zero-order chi connectivity index (χ0) is 26.6. The Kier molecular flexibility index (Phi) is 5.56. The van der Waals surface area contributed by atoms with Gasteiger partial charge in [-0.15, -0.1) is 0 Å². The summed E-state index contributed by atoms with van der Waals surface area (Å²) in [4.78, 5) is 36.1. The van der Waals surface area contributed by atoms with Crippen molar-refractivity contribution in [3.8, 4) is 17.2 Å². The molecule has 9 heteroatoms. The van der Waals surface area contributed by atoms with Gasteiger partial charge >= 0.3 is 5.91 Å². The summed E-state index contributed by atoms with van der Waals surface area (Å²) in [6.07, 6.45) is 0.706. The quantitative estimate of drug-likeness (QED) is 0.231. The summed E-state index contributed by atoms with van der Waals surface area (Å²) in [7, 11) is 3.06. The van der Waals surface area contributed by atoms with E-state index in [1.165, 1.54) is 19.1 Å². The third kappa shape index (κ3) is 3.66. The van der Waals surface area contributed by atoms with E-state index in [4.69, 9.17) is 14.2 Å². The minimum absolute atomic E-state index is 0.00455. The normalized spacial score (nSPS) is 18.1. The molecule has 1 unspecified atom stereocenters. The van der Waals surface area contributed by atoms with Gasteiger partial charge in [0.05, 0.1) is 43.5 Å². The molecule has 0 spiro atoms. The number of aliphatic hydroxyl groups is 1. The minimum Gasteiger partial charge on any atom is -0.507 e. The van der Waals surface area contributed by atoms with E-state index in [-0.39, 0.29) is 17.3 Å². The van der Waals surface area contributed by atoms with Gasteiger partial charge in [0.2, 0.25) is 5.95 Å². The van der Waals surface area contributed by atoms with Gasteiger partial charge in [0, 0.05) is 24.1 Å². The van der Waals surface area contributed by atoms with Gasteiger partial charge in [0.15, 0.2) is 11.5 Å². The number of hydrogen-bond acceptors (Lipinski definition) is 7. The molecule has 1 fully saturated rings. The molecular weight excluding hydrogens is 486 g/mol. The fourth-order valence-corrected chi connectivity index (χ4v) is 5.13. The molecule has 9 nitrogen and oxygen atoms in total. The van der Waals surface area contributed by atoms with E-state index >= 15 is 0 Å². The SMILES string of the molecule is COc1cc2nc(N3C(=O)C(=O)/C(=C(/O)c4ccc5c(c4)CCO5)C3c3cccc(C)c3)[nH]c2cc1OC. The van der Waals surface area contributed by atoms with Crippen molar-refractivity contribution in [2.45, 2.75) is 19.4 Å². The number of methoxy groups -OCH3 is 2. The van der Waals surface area contributed by atoms with Crippen LogP contribution >= 0.6 is 0 Å². The van der Waals surface area contributed by atoms with Crippen molar-refractivity contribution in [1.29, 1.82) is 0 Å². The van der Waals surface area contributed by atoms with E-state index in [2.05, 4.69) is 9.97 Å². The molecule has 1 saturated heterocycles. The summed E-state index contributed by atoms with van der Waals surface area (Å²) in [6, 6.07) is 15.3. The lowest BCUT2D eigenvalue weighted by atomic mass is 9.94. The number of aromatic amines is 1. The molecule has 6 rings (SSSR count). The van der Waals surface area contributed by atoms with Crippen LogP contribution in [0.1, 0.15) is 28.3 Å². The van der Waals surface area contributed by atoms with Crippen LogP contribution in [0.4, 0.5) is 5.95 Å². The number of aryl methyl sites for hydroxylation is 1. The fraction of sp³-hybridized carbons (Fsp3) is 0.207. The lowest BCUT2D eigenvalue weighted by Gasteiger charge is -2.23. The third-order valence-corrected chi connectivity index (χ3v) is 6.97. The first-order valence-corrected chi connectivity index (χ1v) is 12.1. The molecule has 4 aromatic rings. The smallest absolute Gasteiger partial charge is 0.302 e. The maximum absolute atomic E-state index is 13.5. The Morgan fingerprint density at radius 1 is 1.08 bits per heavy atom. The summed E-state index contributed by atoms with van der Waals surface area (Å²) in [5, 5.41) is 11.5. The highest BCUT2D eigenvalue weighted by atomic mass is 16.5. The number of fused-ring (bicyclic) bond motifs is 2. The molecule has 0 bridgehead atoms. The number of carbonyl (C=O) groups excluding carboxylic acids is 2. The number of anilines is 1. The Labute approximate surface area is 218 Å². The van der Waals surface area contributed by atoms with Crippen LogP contribution in [0.3, 0.4) is 0 Å². The number of aromatic nitrogens is 2. The number of carbonyl (C=O) groups is 2. The number of nitrogens with zero attached hydrogens (tertiary/aromatic N) is 2. The number of nitrogens with one attached hydrogen (secondary N) is 1. The van der Waals surface area contributed by atoms with E-state index in [1.54, 1.807) is 30.3 Å². The Hall–Kier alpha value is -4.79. The number of ether oxygens (including phenoxy) is 3. The van der Waals surface area contributed by atoms with Gasteiger partial charge in [-0.1, -0.05) is 29.8 Å². The average molecular weight is 512 g/mol. The molecule has 38 heavy (non-hydrogen) atoms. The molecule has 0 saturated carbocycles. The van der Waals surface area contributed by atoms with Gasteiger partial charge in [-0.3, -0.25) is 14.5 Å². The number of rotatable bonds is 5. The second-order valence-electron chi connectivity index (χ2n) is 9.29. The topological polar surface area (TPSA) is 114 Å². The molecule has 2 aliphatic rings. The summed E-state index contributed by atoms with van der Waals surface area (Å²) < 4.78 is 16.4. The Morgan fingerprint density at radius 2 is 1.87 bits per heavy atom. The second kappa shape index (κ2) is 8.95. The number of benzene rings is 3. The Morgan fingerprint density at radius 3 is 2.63 bits per heavy atom. The second-order valence-corrected chi connectivity index (χ2v) is 9.29. The van der Waals surface area contributed by atoms with Gasteiger partial charge in [0.25, 0.3) is 5.78 Å². The third-order valence-electron chi connectivity index (χ3n) is 6.97. The number of aliphatic hydroxyl groups excluding tert-OH is 1. The number of hydrogen-bond donors (Lipinski definition) is 2. The van der Waals surface area contributed by atoms with Crippen molar-refractivity contribution in [3.05, 3.63) is 82.4 Å². The van der Waals surface area contributed by atoms with Crippen molar-refractivity contribution in [2.75, 3.05) is 25.7 Å². The van der Waals surface area contributed by atoms with Gasteiger partial charge in [0.1, 0.15) is 11.5 Å². The lowest BCUT2D eigenvalue weighted by Crippen LogP contribution is -2.30. The van der Waals surface area contributed by atoms with Crippen LogP contribution in [0, 0.1) is 6.92 Å². The number of H-pyrrole nitrogens is 1. The number of Topliss-reactive ketones (excluding diaryl/α,β-unsaturated/α-hetero) is 1. The first-order valence-electron chi connectivity index (χ1n) is 12.1. The highest BCUT2D eigenvalue weighted by molar-refractivity contribution is 6.51. The fourth-order valence-electron chi connectivity index (χ4n) is 5.13. The summed E-state index contributed by atoms with van der Waals surface area (Å²) in [5.41, 5.74) is 4.13. The summed E-state index contributed by atoms with van der Waals surface area (Å²) in [5.74, 6) is 0.0769. The van der Waals surface area contributed by atoms with Gasteiger partial charge in [-0.05, 0) is 36.2 Å². The number of imidazole rings is 1. The van der Waals surface area contributed by atoms with Crippen molar-refractivity contribution in [3.63, 3.8) is 0 Å². The van der Waals surface area contributed by atoms with Crippen LogP contribution in [0.2, 0.25) is 0 Å². The van der Waals surface area contributed by atoms with Crippen LogP contribution in [0.15, 0.2) is 60.2 Å². The van der Waals surface area contributed by atoms with E-state index < -0.39 is 17.7 Å². The monoisotopic (exact) mass is 511 g/mol. The van der Waals surface area contributed by atoms with Crippen molar-refractivity contribution >= 4 is 34.4 Å². The molecule has 1 atom stereocenters. The zero-order valence-corrected chi connectivity index (χ0v) is 21.1. The van der Waals surface area contributed by atoms with Crippen LogP contribution in [-0.4, -0.2) is 47.6 Å². The molecule has 2 N–H and O–H groups in total. The molecular formula is C29H25N3O6. The molecule has 1 aromatic heterocycles. The van der Waals surface area contributed by atoms with E-state index in [0.717, 1.165) is 16.9 Å². The van der Waals surface area contributed by atoms with E-state index in [9.17, 15) is 14.7 Å². The minimum atomic E-state index is -0.899. The van der Waals surface area contributed by atoms with Crippen LogP contribution in [0.5, 0.6) is 17.2 Å². The summed E-state index contributed by atoms with van der Waals surface area (Å²) in [6.45, 7) is 2.49. The number of ketones is 1. The summed E-state index contributed by atoms with van der Waals surface area (Å²) >= 11 is 0. The highest BCUT2D eigenvalue weighted by Crippen LogP contribution is 2.43. The lowest BCUT2D eigenvalue weighted by molar-refractivity contribution is -0.132. The molecule has 0 aliphatic carbocycles. The maximum atomic E-state index is 13.5. The number of amides is 1.